The fraction of sp³-hybridized carbons (Fsp3) is 1.00. The molecule has 14 heavy (non-hydrogen) atoms. The second kappa shape index (κ2) is 6.35. The average molecular weight is 204 g/mol. The minimum Gasteiger partial charge on any atom is -0.382 e. The SMILES string of the molecule is COCCOCCO[N+]1(C)CCCC1. The van der Waals surface area contributed by atoms with Crippen LogP contribution in [0, 0.1) is 0 Å². The summed E-state index contributed by atoms with van der Waals surface area (Å²) in [6.07, 6.45) is 2.56. The molecule has 0 amide bonds. The number of likely N-dealkylation sites (tertiary alicyclic amines) is 1. The normalized spacial score (nSPS) is 20.1. The van der Waals surface area contributed by atoms with Crippen molar-refractivity contribution in [1.82, 2.24) is 0 Å². The van der Waals surface area contributed by atoms with Crippen molar-refractivity contribution in [1.29, 1.82) is 0 Å². The molecule has 1 heterocycles. The maximum atomic E-state index is 5.74. The lowest BCUT2D eigenvalue weighted by atomic mass is 10.4. The summed E-state index contributed by atoms with van der Waals surface area (Å²) in [4.78, 5) is 5.74. The highest BCUT2D eigenvalue weighted by Crippen LogP contribution is 2.16. The molecule has 0 saturated carbocycles. The second-order valence-corrected chi connectivity index (χ2v) is 3.89. The molecule has 0 spiro atoms. The summed E-state index contributed by atoms with van der Waals surface area (Å²) >= 11 is 0. The first-order valence-electron chi connectivity index (χ1n) is 5.33. The van der Waals surface area contributed by atoms with E-state index in [-0.39, 0.29) is 0 Å². The summed E-state index contributed by atoms with van der Waals surface area (Å²) in [6, 6.07) is 0. The van der Waals surface area contributed by atoms with Gasteiger partial charge in [0.2, 0.25) is 0 Å². The van der Waals surface area contributed by atoms with Gasteiger partial charge >= 0.3 is 0 Å². The predicted octanol–water partition coefficient (Wildman–Crippen LogP) is 0.821. The van der Waals surface area contributed by atoms with E-state index < -0.39 is 0 Å². The Balaban J connectivity index is 1.92. The molecule has 4 heteroatoms. The predicted molar refractivity (Wildman–Crippen MR) is 53.8 cm³/mol. The topological polar surface area (TPSA) is 27.7 Å². The second-order valence-electron chi connectivity index (χ2n) is 3.89. The third-order valence-electron chi connectivity index (χ3n) is 2.57. The average Bonchev–Trinajstić information content (AvgIpc) is 2.59. The van der Waals surface area contributed by atoms with Gasteiger partial charge in [-0.1, -0.05) is 0 Å². The van der Waals surface area contributed by atoms with Crippen LogP contribution in [0.25, 0.3) is 0 Å². The quantitative estimate of drug-likeness (QED) is 0.454. The van der Waals surface area contributed by atoms with Crippen molar-refractivity contribution in [2.24, 2.45) is 0 Å². The van der Waals surface area contributed by atoms with Gasteiger partial charge in [0, 0.05) is 20.0 Å². The van der Waals surface area contributed by atoms with Crippen LogP contribution in [0.2, 0.25) is 0 Å². The van der Waals surface area contributed by atoms with Crippen molar-refractivity contribution < 1.29 is 19.0 Å². The molecule has 0 aromatic carbocycles. The number of methoxy groups -OCH3 is 1. The van der Waals surface area contributed by atoms with Crippen molar-refractivity contribution in [3.05, 3.63) is 0 Å². The molecule has 0 bridgehead atoms. The molecule has 1 fully saturated rings. The van der Waals surface area contributed by atoms with Crippen LogP contribution in [0.3, 0.4) is 0 Å². The smallest absolute Gasteiger partial charge is 0.129 e. The maximum Gasteiger partial charge on any atom is 0.129 e. The minimum absolute atomic E-state index is 0.656. The zero-order valence-electron chi connectivity index (χ0n) is 9.33. The Bertz CT molecular complexity index is 146. The third-order valence-corrected chi connectivity index (χ3v) is 2.57. The number of hydroxylamine groups is 3. The molecule has 1 rings (SSSR count). The van der Waals surface area contributed by atoms with E-state index in [9.17, 15) is 0 Å². The molecule has 0 N–H and O–H groups in total. The number of quaternary nitrogens is 1. The summed E-state index contributed by atoms with van der Waals surface area (Å²) in [7, 11) is 3.82. The lowest BCUT2D eigenvalue weighted by molar-refractivity contribution is -1.08. The van der Waals surface area contributed by atoms with Crippen molar-refractivity contribution >= 4 is 0 Å². The molecular weight excluding hydrogens is 182 g/mol. The molecule has 0 aromatic heterocycles. The zero-order chi connectivity index (χ0) is 10.3. The fourth-order valence-corrected chi connectivity index (χ4v) is 1.69. The Morgan fingerprint density at radius 2 is 1.64 bits per heavy atom. The van der Waals surface area contributed by atoms with Crippen LogP contribution in [0.1, 0.15) is 12.8 Å². The summed E-state index contributed by atoms with van der Waals surface area (Å²) in [5.74, 6) is 0. The Kier molecular flexibility index (Phi) is 5.40. The van der Waals surface area contributed by atoms with Gasteiger partial charge in [0.05, 0.1) is 26.9 Å². The van der Waals surface area contributed by atoms with E-state index in [0.29, 0.717) is 26.4 Å². The van der Waals surface area contributed by atoms with E-state index >= 15 is 0 Å². The number of rotatable bonds is 7. The van der Waals surface area contributed by atoms with Crippen molar-refractivity contribution in [3.63, 3.8) is 0 Å². The van der Waals surface area contributed by atoms with Gasteiger partial charge in [-0.2, -0.15) is 4.65 Å². The van der Waals surface area contributed by atoms with Crippen molar-refractivity contribution in [3.8, 4) is 0 Å². The number of nitrogens with zero attached hydrogens (tertiary/aromatic N) is 1. The van der Waals surface area contributed by atoms with Gasteiger partial charge in [0.15, 0.2) is 0 Å². The van der Waals surface area contributed by atoms with Crippen LogP contribution in [0.4, 0.5) is 0 Å². The molecular formula is C10H22NO3+. The molecule has 0 aliphatic carbocycles. The Hall–Kier alpha value is -0.160. The van der Waals surface area contributed by atoms with Gasteiger partial charge < -0.3 is 9.47 Å². The Labute approximate surface area is 86.3 Å². The minimum atomic E-state index is 0.656. The fourth-order valence-electron chi connectivity index (χ4n) is 1.69. The summed E-state index contributed by atoms with van der Waals surface area (Å²) < 4.78 is 10.9. The largest absolute Gasteiger partial charge is 0.382 e. The lowest BCUT2D eigenvalue weighted by Crippen LogP contribution is -2.41. The van der Waals surface area contributed by atoms with E-state index in [2.05, 4.69) is 7.05 Å². The van der Waals surface area contributed by atoms with E-state index in [1.807, 2.05) is 0 Å². The lowest BCUT2D eigenvalue weighted by Gasteiger charge is -2.25. The van der Waals surface area contributed by atoms with Gasteiger partial charge in [-0.15, -0.1) is 0 Å². The number of hydrogen-bond donors (Lipinski definition) is 0. The van der Waals surface area contributed by atoms with Crippen LogP contribution in [-0.4, -0.2) is 58.3 Å². The summed E-state index contributed by atoms with van der Waals surface area (Å²) in [5.41, 5.74) is 0. The van der Waals surface area contributed by atoms with Crippen LogP contribution < -0.4 is 0 Å². The van der Waals surface area contributed by atoms with E-state index in [1.54, 1.807) is 7.11 Å². The first kappa shape index (κ1) is 11.9. The van der Waals surface area contributed by atoms with E-state index in [4.69, 9.17) is 14.3 Å². The molecule has 1 aliphatic rings. The Morgan fingerprint density at radius 3 is 2.29 bits per heavy atom. The highest BCUT2D eigenvalue weighted by molar-refractivity contribution is 4.45. The van der Waals surface area contributed by atoms with Gasteiger partial charge in [0.1, 0.15) is 19.7 Å². The molecule has 0 radical (unpaired) electrons. The number of hydrogen-bond acceptors (Lipinski definition) is 3. The summed E-state index contributed by atoms with van der Waals surface area (Å²) in [5, 5.41) is 0. The Morgan fingerprint density at radius 1 is 1.00 bits per heavy atom. The highest BCUT2D eigenvalue weighted by Gasteiger charge is 2.28. The zero-order valence-corrected chi connectivity index (χ0v) is 9.33. The highest BCUT2D eigenvalue weighted by atomic mass is 16.7. The number of ether oxygens (including phenoxy) is 2. The summed E-state index contributed by atoms with van der Waals surface area (Å²) in [6.45, 7) is 4.93. The van der Waals surface area contributed by atoms with Crippen LogP contribution >= 0.6 is 0 Å². The molecule has 84 valence electrons. The first-order valence-corrected chi connectivity index (χ1v) is 5.33. The molecule has 4 nitrogen and oxygen atoms in total. The van der Waals surface area contributed by atoms with Crippen LogP contribution in [0.5, 0.6) is 0 Å². The first-order chi connectivity index (χ1) is 6.77. The van der Waals surface area contributed by atoms with Crippen molar-refractivity contribution in [2.45, 2.75) is 12.8 Å². The van der Waals surface area contributed by atoms with Crippen molar-refractivity contribution in [2.75, 3.05) is 53.7 Å². The third kappa shape index (κ3) is 4.37. The standard InChI is InChI=1S/C10H22NO3/c1-11(5-3-4-6-11)14-10-9-13-8-7-12-2/h3-10H2,1-2H3/q+1. The van der Waals surface area contributed by atoms with Gasteiger partial charge in [-0.05, 0) is 0 Å². The molecule has 0 atom stereocenters. The van der Waals surface area contributed by atoms with Gasteiger partial charge in [-0.3, -0.25) is 0 Å². The van der Waals surface area contributed by atoms with E-state index in [1.165, 1.54) is 12.8 Å². The molecule has 0 unspecified atom stereocenters. The molecule has 1 aliphatic heterocycles. The maximum absolute atomic E-state index is 5.74. The molecule has 0 aromatic rings. The monoisotopic (exact) mass is 204 g/mol. The van der Waals surface area contributed by atoms with Gasteiger partial charge in [0.25, 0.3) is 0 Å². The van der Waals surface area contributed by atoms with Gasteiger partial charge in [-0.25, -0.2) is 4.84 Å². The van der Waals surface area contributed by atoms with E-state index in [0.717, 1.165) is 17.7 Å². The van der Waals surface area contributed by atoms with Crippen LogP contribution in [-0.2, 0) is 14.3 Å². The molecule has 1 saturated heterocycles. The van der Waals surface area contributed by atoms with Crippen LogP contribution in [0.15, 0.2) is 0 Å².